The van der Waals surface area contributed by atoms with Gasteiger partial charge in [-0.15, -0.1) is 0 Å². The van der Waals surface area contributed by atoms with Gasteiger partial charge in [0, 0.05) is 36.8 Å². The summed E-state index contributed by atoms with van der Waals surface area (Å²) in [6.45, 7) is 8.29. The SMILES string of the molecule is CCNC(=NCC(C)(C)c1cccc(F)c1)NCCc1ccccn1. The summed E-state index contributed by atoms with van der Waals surface area (Å²) in [5, 5.41) is 6.58. The maximum Gasteiger partial charge on any atom is 0.191 e. The van der Waals surface area contributed by atoms with E-state index in [0.717, 1.165) is 36.7 Å². The zero-order valence-corrected chi connectivity index (χ0v) is 15.2. The third-order valence-electron chi connectivity index (χ3n) is 3.98. The molecular weight excluding hydrogens is 315 g/mol. The largest absolute Gasteiger partial charge is 0.357 e. The molecule has 0 bridgehead atoms. The van der Waals surface area contributed by atoms with Crippen LogP contribution in [0.1, 0.15) is 32.0 Å². The van der Waals surface area contributed by atoms with Gasteiger partial charge in [-0.1, -0.05) is 32.0 Å². The number of hydrogen-bond acceptors (Lipinski definition) is 2. The summed E-state index contributed by atoms with van der Waals surface area (Å²) in [5.74, 6) is 0.554. The molecule has 1 aromatic carbocycles. The molecule has 0 spiro atoms. The Bertz CT molecular complexity index is 683. The number of aliphatic imine (C=N–C) groups is 1. The molecule has 0 aliphatic rings. The second-order valence-electron chi connectivity index (χ2n) is 6.59. The summed E-state index contributed by atoms with van der Waals surface area (Å²) in [6, 6.07) is 12.6. The van der Waals surface area contributed by atoms with Crippen LogP contribution >= 0.6 is 0 Å². The number of nitrogens with zero attached hydrogens (tertiary/aromatic N) is 2. The van der Waals surface area contributed by atoms with Crippen LogP contribution in [0.15, 0.2) is 53.7 Å². The van der Waals surface area contributed by atoms with Crippen LogP contribution in [0.25, 0.3) is 0 Å². The van der Waals surface area contributed by atoms with E-state index in [1.807, 2.05) is 31.2 Å². The zero-order valence-electron chi connectivity index (χ0n) is 15.2. The predicted octanol–water partition coefficient (Wildman–Crippen LogP) is 3.30. The molecule has 5 heteroatoms. The van der Waals surface area contributed by atoms with Crippen LogP contribution in [0.4, 0.5) is 4.39 Å². The minimum atomic E-state index is -0.245. The first-order chi connectivity index (χ1) is 12.0. The monoisotopic (exact) mass is 342 g/mol. The second-order valence-corrected chi connectivity index (χ2v) is 6.59. The molecule has 0 saturated carbocycles. The highest BCUT2D eigenvalue weighted by Gasteiger charge is 2.21. The molecule has 0 unspecified atom stereocenters. The molecule has 0 saturated heterocycles. The number of halogens is 1. The van der Waals surface area contributed by atoms with Crippen molar-refractivity contribution in [2.24, 2.45) is 4.99 Å². The van der Waals surface area contributed by atoms with E-state index in [4.69, 9.17) is 0 Å². The van der Waals surface area contributed by atoms with Crippen LogP contribution in [-0.2, 0) is 11.8 Å². The molecule has 0 aliphatic heterocycles. The fourth-order valence-electron chi connectivity index (χ4n) is 2.47. The lowest BCUT2D eigenvalue weighted by Crippen LogP contribution is -2.39. The molecule has 1 heterocycles. The molecule has 1 aromatic heterocycles. The lowest BCUT2D eigenvalue weighted by molar-refractivity contribution is 0.529. The molecule has 2 aromatic rings. The van der Waals surface area contributed by atoms with Crippen molar-refractivity contribution in [1.82, 2.24) is 15.6 Å². The Morgan fingerprint density at radius 3 is 2.68 bits per heavy atom. The normalized spacial score (nSPS) is 12.1. The number of hydrogen-bond donors (Lipinski definition) is 2. The molecule has 0 fully saturated rings. The van der Waals surface area contributed by atoms with E-state index in [2.05, 4.69) is 34.5 Å². The molecule has 2 rings (SSSR count). The van der Waals surface area contributed by atoms with Gasteiger partial charge in [0.05, 0.1) is 6.54 Å². The van der Waals surface area contributed by atoms with E-state index >= 15 is 0 Å². The third-order valence-corrected chi connectivity index (χ3v) is 3.98. The highest BCUT2D eigenvalue weighted by molar-refractivity contribution is 5.79. The number of pyridine rings is 1. The highest BCUT2D eigenvalue weighted by Crippen LogP contribution is 2.24. The minimum Gasteiger partial charge on any atom is -0.357 e. The van der Waals surface area contributed by atoms with Crippen molar-refractivity contribution in [3.05, 3.63) is 65.7 Å². The third kappa shape index (κ3) is 6.18. The van der Waals surface area contributed by atoms with E-state index in [1.54, 1.807) is 18.3 Å². The van der Waals surface area contributed by atoms with E-state index in [-0.39, 0.29) is 11.2 Å². The maximum atomic E-state index is 13.5. The molecule has 0 amide bonds. The molecule has 0 radical (unpaired) electrons. The number of benzene rings is 1. The van der Waals surface area contributed by atoms with Crippen molar-refractivity contribution in [3.8, 4) is 0 Å². The zero-order chi connectivity index (χ0) is 18.1. The standard InChI is InChI=1S/C20H27FN4/c1-4-22-19(24-13-11-18-10-5-6-12-23-18)25-15-20(2,3)16-8-7-9-17(21)14-16/h5-10,12,14H,4,11,13,15H2,1-3H3,(H2,22,24,25). The average molecular weight is 342 g/mol. The summed E-state index contributed by atoms with van der Waals surface area (Å²) in [5.41, 5.74) is 1.75. The predicted molar refractivity (Wildman–Crippen MR) is 101 cm³/mol. The van der Waals surface area contributed by atoms with Gasteiger partial charge >= 0.3 is 0 Å². The second kappa shape index (κ2) is 9.16. The van der Waals surface area contributed by atoms with Crippen molar-refractivity contribution in [2.45, 2.75) is 32.6 Å². The van der Waals surface area contributed by atoms with Gasteiger partial charge in [-0.05, 0) is 36.8 Å². The summed E-state index contributed by atoms with van der Waals surface area (Å²) in [4.78, 5) is 8.99. The van der Waals surface area contributed by atoms with Gasteiger partial charge in [0.15, 0.2) is 5.96 Å². The fraction of sp³-hybridized carbons (Fsp3) is 0.400. The van der Waals surface area contributed by atoms with Crippen LogP contribution in [0.3, 0.4) is 0 Å². The first-order valence-corrected chi connectivity index (χ1v) is 8.69. The van der Waals surface area contributed by atoms with E-state index in [0.29, 0.717) is 6.54 Å². The quantitative estimate of drug-likeness (QED) is 0.600. The Balaban J connectivity index is 1.96. The lowest BCUT2D eigenvalue weighted by atomic mass is 9.85. The molecular formula is C20H27FN4. The van der Waals surface area contributed by atoms with Crippen molar-refractivity contribution in [1.29, 1.82) is 0 Å². The van der Waals surface area contributed by atoms with Gasteiger partial charge in [-0.25, -0.2) is 4.39 Å². The number of rotatable bonds is 7. The fourth-order valence-corrected chi connectivity index (χ4v) is 2.47. The molecule has 2 N–H and O–H groups in total. The number of nitrogens with one attached hydrogen (secondary N) is 2. The van der Waals surface area contributed by atoms with Crippen LogP contribution in [0, 0.1) is 5.82 Å². The molecule has 4 nitrogen and oxygen atoms in total. The Hall–Kier alpha value is -2.43. The maximum absolute atomic E-state index is 13.5. The highest BCUT2D eigenvalue weighted by atomic mass is 19.1. The summed E-state index contributed by atoms with van der Waals surface area (Å²) >= 11 is 0. The van der Waals surface area contributed by atoms with Gasteiger partial charge in [0.2, 0.25) is 0 Å². The first kappa shape index (κ1) is 18.9. The van der Waals surface area contributed by atoms with Crippen molar-refractivity contribution >= 4 is 5.96 Å². The van der Waals surface area contributed by atoms with Crippen molar-refractivity contribution in [2.75, 3.05) is 19.6 Å². The Morgan fingerprint density at radius 1 is 1.16 bits per heavy atom. The van der Waals surface area contributed by atoms with Crippen molar-refractivity contribution in [3.63, 3.8) is 0 Å². The van der Waals surface area contributed by atoms with Gasteiger partial charge < -0.3 is 10.6 Å². The van der Waals surface area contributed by atoms with Crippen molar-refractivity contribution < 1.29 is 4.39 Å². The molecule has 134 valence electrons. The van der Waals surface area contributed by atoms with Gasteiger partial charge in [0.25, 0.3) is 0 Å². The summed E-state index contributed by atoms with van der Waals surface area (Å²) in [7, 11) is 0. The summed E-state index contributed by atoms with van der Waals surface area (Å²) < 4.78 is 13.5. The van der Waals surface area contributed by atoms with E-state index in [1.165, 1.54) is 6.07 Å². The van der Waals surface area contributed by atoms with Crippen LogP contribution in [0.5, 0.6) is 0 Å². The lowest BCUT2D eigenvalue weighted by Gasteiger charge is -2.24. The van der Waals surface area contributed by atoms with E-state index in [9.17, 15) is 4.39 Å². The topological polar surface area (TPSA) is 49.3 Å². The van der Waals surface area contributed by atoms with Crippen LogP contribution in [0.2, 0.25) is 0 Å². The molecule has 0 atom stereocenters. The van der Waals surface area contributed by atoms with Gasteiger partial charge in [0.1, 0.15) is 5.82 Å². The first-order valence-electron chi connectivity index (χ1n) is 8.69. The molecule has 25 heavy (non-hydrogen) atoms. The van der Waals surface area contributed by atoms with Crippen LogP contribution < -0.4 is 10.6 Å². The number of aromatic nitrogens is 1. The van der Waals surface area contributed by atoms with Crippen LogP contribution in [-0.4, -0.2) is 30.6 Å². The van der Waals surface area contributed by atoms with Gasteiger partial charge in [-0.3, -0.25) is 9.98 Å². The van der Waals surface area contributed by atoms with E-state index < -0.39 is 0 Å². The Morgan fingerprint density at radius 2 is 2.00 bits per heavy atom. The minimum absolute atomic E-state index is 0.213. The van der Waals surface area contributed by atoms with Gasteiger partial charge in [-0.2, -0.15) is 0 Å². The number of guanidine groups is 1. The summed E-state index contributed by atoms with van der Waals surface area (Å²) in [6.07, 6.45) is 2.63. The Kier molecular flexibility index (Phi) is 6.92. The smallest absolute Gasteiger partial charge is 0.191 e. The molecule has 0 aliphatic carbocycles. The average Bonchev–Trinajstić information content (AvgIpc) is 2.61. The Labute approximate surface area is 149 Å².